The van der Waals surface area contributed by atoms with Crippen LogP contribution in [0.25, 0.3) is 0 Å². The predicted molar refractivity (Wildman–Crippen MR) is 60.5 cm³/mol. The lowest BCUT2D eigenvalue weighted by atomic mass is 10.1. The zero-order chi connectivity index (χ0) is 11.1. The van der Waals surface area contributed by atoms with Crippen LogP contribution in [0.15, 0.2) is 24.3 Å². The van der Waals surface area contributed by atoms with Crippen molar-refractivity contribution in [1.29, 1.82) is 0 Å². The van der Waals surface area contributed by atoms with Crippen molar-refractivity contribution in [2.45, 2.75) is 26.1 Å². The Kier molecular flexibility index (Phi) is 5.32. The van der Waals surface area contributed by atoms with E-state index in [4.69, 9.17) is 9.84 Å². The summed E-state index contributed by atoms with van der Waals surface area (Å²) in [6, 6.07) is 8.41. The van der Waals surface area contributed by atoms with Crippen LogP contribution in [0.4, 0.5) is 0 Å². The number of hydrogen-bond acceptors (Lipinski definition) is 3. The van der Waals surface area contributed by atoms with E-state index in [9.17, 15) is 0 Å². The molecule has 0 heterocycles. The van der Waals surface area contributed by atoms with Gasteiger partial charge in [0.05, 0.1) is 13.2 Å². The Morgan fingerprint density at radius 1 is 1.27 bits per heavy atom. The molecule has 1 rings (SSSR count). The highest BCUT2D eigenvalue weighted by Crippen LogP contribution is 2.05. The van der Waals surface area contributed by atoms with E-state index in [1.807, 2.05) is 6.92 Å². The molecule has 15 heavy (non-hydrogen) atoms. The number of rotatable bonds is 6. The average molecular weight is 209 g/mol. The molecule has 0 radical (unpaired) electrons. The maximum Gasteiger partial charge on any atom is 0.0713 e. The van der Waals surface area contributed by atoms with Gasteiger partial charge >= 0.3 is 0 Å². The van der Waals surface area contributed by atoms with Crippen LogP contribution in [-0.2, 0) is 17.9 Å². The van der Waals surface area contributed by atoms with Crippen molar-refractivity contribution in [3.05, 3.63) is 35.4 Å². The standard InChI is InChI=1S/C12H19NO2/c1-10(8-14)13-7-11-3-5-12(6-4-11)9-15-2/h3-6,10,13-14H,7-9H2,1-2H3. The van der Waals surface area contributed by atoms with Crippen LogP contribution in [0.1, 0.15) is 18.1 Å². The van der Waals surface area contributed by atoms with Crippen LogP contribution in [-0.4, -0.2) is 24.9 Å². The topological polar surface area (TPSA) is 41.5 Å². The van der Waals surface area contributed by atoms with Crippen molar-refractivity contribution in [2.75, 3.05) is 13.7 Å². The Bertz CT molecular complexity index is 271. The molecule has 0 aliphatic rings. The predicted octanol–water partition coefficient (Wildman–Crippen LogP) is 1.30. The molecule has 84 valence electrons. The van der Waals surface area contributed by atoms with E-state index >= 15 is 0 Å². The first-order valence-electron chi connectivity index (χ1n) is 5.17. The van der Waals surface area contributed by atoms with Gasteiger partial charge in [0, 0.05) is 19.7 Å². The van der Waals surface area contributed by atoms with Gasteiger partial charge in [-0.1, -0.05) is 24.3 Å². The van der Waals surface area contributed by atoms with Gasteiger partial charge in [0.25, 0.3) is 0 Å². The number of aliphatic hydroxyl groups is 1. The normalized spacial score (nSPS) is 12.7. The van der Waals surface area contributed by atoms with E-state index in [0.29, 0.717) is 6.61 Å². The smallest absolute Gasteiger partial charge is 0.0713 e. The Labute approximate surface area is 91.1 Å². The maximum absolute atomic E-state index is 8.85. The fourth-order valence-electron chi connectivity index (χ4n) is 1.28. The summed E-state index contributed by atoms with van der Waals surface area (Å²) in [4.78, 5) is 0. The van der Waals surface area contributed by atoms with E-state index in [-0.39, 0.29) is 12.6 Å². The first kappa shape index (κ1) is 12.2. The number of aliphatic hydroxyl groups excluding tert-OH is 1. The highest BCUT2D eigenvalue weighted by Gasteiger charge is 1.99. The van der Waals surface area contributed by atoms with Crippen molar-refractivity contribution in [3.63, 3.8) is 0 Å². The first-order valence-corrected chi connectivity index (χ1v) is 5.17. The summed E-state index contributed by atoms with van der Waals surface area (Å²) in [5.74, 6) is 0. The van der Waals surface area contributed by atoms with Crippen LogP contribution >= 0.6 is 0 Å². The Morgan fingerprint density at radius 3 is 2.40 bits per heavy atom. The van der Waals surface area contributed by atoms with Crippen LogP contribution < -0.4 is 5.32 Å². The van der Waals surface area contributed by atoms with Crippen LogP contribution in [0.5, 0.6) is 0 Å². The van der Waals surface area contributed by atoms with Gasteiger partial charge in [0.2, 0.25) is 0 Å². The summed E-state index contributed by atoms with van der Waals surface area (Å²) in [5.41, 5.74) is 2.40. The summed E-state index contributed by atoms with van der Waals surface area (Å²) in [5, 5.41) is 12.1. The molecule has 0 aliphatic carbocycles. The van der Waals surface area contributed by atoms with E-state index < -0.39 is 0 Å². The van der Waals surface area contributed by atoms with E-state index in [0.717, 1.165) is 6.54 Å². The second-order valence-electron chi connectivity index (χ2n) is 3.71. The number of ether oxygens (including phenoxy) is 1. The second kappa shape index (κ2) is 6.56. The second-order valence-corrected chi connectivity index (χ2v) is 3.71. The molecule has 0 amide bonds. The molecule has 1 atom stereocenters. The number of hydrogen-bond donors (Lipinski definition) is 2. The minimum atomic E-state index is 0.142. The highest BCUT2D eigenvalue weighted by molar-refractivity contribution is 5.21. The molecule has 0 saturated heterocycles. The van der Waals surface area contributed by atoms with Gasteiger partial charge in [-0.15, -0.1) is 0 Å². The molecule has 1 aromatic rings. The lowest BCUT2D eigenvalue weighted by Crippen LogP contribution is -2.28. The quantitative estimate of drug-likeness (QED) is 0.742. The Hall–Kier alpha value is -0.900. The summed E-state index contributed by atoms with van der Waals surface area (Å²) in [6.45, 7) is 3.57. The molecule has 0 spiro atoms. The minimum Gasteiger partial charge on any atom is -0.395 e. The van der Waals surface area contributed by atoms with Crippen molar-refractivity contribution in [3.8, 4) is 0 Å². The van der Waals surface area contributed by atoms with Crippen molar-refractivity contribution >= 4 is 0 Å². The molecule has 0 aromatic heterocycles. The molecule has 1 aromatic carbocycles. The summed E-state index contributed by atoms with van der Waals surface area (Å²) in [7, 11) is 1.69. The molecular formula is C12H19NO2. The zero-order valence-electron chi connectivity index (χ0n) is 9.36. The maximum atomic E-state index is 8.85. The van der Waals surface area contributed by atoms with Gasteiger partial charge in [-0.05, 0) is 18.1 Å². The highest BCUT2D eigenvalue weighted by atomic mass is 16.5. The third kappa shape index (κ3) is 4.42. The van der Waals surface area contributed by atoms with Crippen LogP contribution in [0.3, 0.4) is 0 Å². The number of benzene rings is 1. The summed E-state index contributed by atoms with van der Waals surface area (Å²) < 4.78 is 5.03. The van der Waals surface area contributed by atoms with E-state index in [2.05, 4.69) is 29.6 Å². The average Bonchev–Trinajstić information content (AvgIpc) is 2.28. The minimum absolute atomic E-state index is 0.142. The van der Waals surface area contributed by atoms with Gasteiger partial charge in [0.15, 0.2) is 0 Å². The lowest BCUT2D eigenvalue weighted by Gasteiger charge is -2.10. The van der Waals surface area contributed by atoms with Gasteiger partial charge in [-0.2, -0.15) is 0 Å². The molecule has 1 unspecified atom stereocenters. The first-order chi connectivity index (χ1) is 7.26. The molecule has 2 N–H and O–H groups in total. The Morgan fingerprint density at radius 2 is 1.87 bits per heavy atom. The van der Waals surface area contributed by atoms with Crippen LogP contribution in [0.2, 0.25) is 0 Å². The number of methoxy groups -OCH3 is 1. The van der Waals surface area contributed by atoms with Crippen molar-refractivity contribution in [2.24, 2.45) is 0 Å². The molecule has 0 fully saturated rings. The molecular weight excluding hydrogens is 190 g/mol. The van der Waals surface area contributed by atoms with Crippen molar-refractivity contribution < 1.29 is 9.84 Å². The fraction of sp³-hybridized carbons (Fsp3) is 0.500. The van der Waals surface area contributed by atoms with E-state index in [1.54, 1.807) is 7.11 Å². The van der Waals surface area contributed by atoms with Gasteiger partial charge in [-0.25, -0.2) is 0 Å². The summed E-state index contributed by atoms with van der Waals surface area (Å²) >= 11 is 0. The molecule has 0 bridgehead atoms. The van der Waals surface area contributed by atoms with Crippen LogP contribution in [0, 0.1) is 0 Å². The largest absolute Gasteiger partial charge is 0.395 e. The molecule has 3 nitrogen and oxygen atoms in total. The fourth-order valence-corrected chi connectivity index (χ4v) is 1.28. The van der Waals surface area contributed by atoms with E-state index in [1.165, 1.54) is 11.1 Å². The third-order valence-corrected chi connectivity index (χ3v) is 2.26. The lowest BCUT2D eigenvalue weighted by molar-refractivity contribution is 0.185. The molecule has 0 saturated carbocycles. The number of nitrogens with one attached hydrogen (secondary N) is 1. The van der Waals surface area contributed by atoms with Gasteiger partial charge in [-0.3, -0.25) is 0 Å². The molecule has 0 aliphatic heterocycles. The SMILES string of the molecule is COCc1ccc(CNC(C)CO)cc1. The third-order valence-electron chi connectivity index (χ3n) is 2.26. The molecule has 3 heteroatoms. The Balaban J connectivity index is 2.42. The zero-order valence-corrected chi connectivity index (χ0v) is 9.36. The monoisotopic (exact) mass is 209 g/mol. The summed E-state index contributed by atoms with van der Waals surface area (Å²) in [6.07, 6.45) is 0. The van der Waals surface area contributed by atoms with Gasteiger partial charge in [0.1, 0.15) is 0 Å². The van der Waals surface area contributed by atoms with Crippen molar-refractivity contribution in [1.82, 2.24) is 5.32 Å². The van der Waals surface area contributed by atoms with Gasteiger partial charge < -0.3 is 15.2 Å².